The number of benzene rings is 1. The maximum Gasteiger partial charge on any atom is 0.360 e. The minimum Gasteiger partial charge on any atom is -0.497 e. The third-order valence-electron chi connectivity index (χ3n) is 2.35. The van der Waals surface area contributed by atoms with Crippen LogP contribution in [0.15, 0.2) is 34.9 Å². The van der Waals surface area contributed by atoms with Crippen LogP contribution in [0.2, 0.25) is 0 Å². The van der Waals surface area contributed by atoms with Gasteiger partial charge >= 0.3 is 5.97 Å². The van der Waals surface area contributed by atoms with Gasteiger partial charge < -0.3 is 14.0 Å². The number of hydrogen-bond acceptors (Lipinski definition) is 5. The fourth-order valence-electron chi connectivity index (χ4n) is 1.49. The number of carbonyl (C=O) groups excluding carboxylic acids is 1. The van der Waals surface area contributed by atoms with Gasteiger partial charge in [0.1, 0.15) is 5.75 Å². The molecule has 0 bridgehead atoms. The van der Waals surface area contributed by atoms with Crippen molar-refractivity contribution in [3.05, 3.63) is 36.0 Å². The van der Waals surface area contributed by atoms with Gasteiger partial charge in [-0.3, -0.25) is 0 Å². The van der Waals surface area contributed by atoms with Gasteiger partial charge in [-0.25, -0.2) is 4.79 Å². The SMILES string of the molecule is CCOC(=O)c1cc(-c2cccc(OC)c2)on1. The molecule has 1 heterocycles. The van der Waals surface area contributed by atoms with E-state index in [1.165, 1.54) is 0 Å². The molecule has 5 nitrogen and oxygen atoms in total. The lowest BCUT2D eigenvalue weighted by Gasteiger charge is -2.00. The van der Waals surface area contributed by atoms with Gasteiger partial charge in [-0.05, 0) is 19.1 Å². The Bertz CT molecular complexity index is 547. The molecule has 0 saturated heterocycles. The smallest absolute Gasteiger partial charge is 0.360 e. The zero-order chi connectivity index (χ0) is 13.0. The van der Waals surface area contributed by atoms with Crippen molar-refractivity contribution < 1.29 is 18.8 Å². The number of carbonyl (C=O) groups is 1. The number of methoxy groups -OCH3 is 1. The summed E-state index contributed by atoms with van der Waals surface area (Å²) in [5.41, 5.74) is 0.951. The highest BCUT2D eigenvalue weighted by Gasteiger charge is 2.14. The Labute approximate surface area is 104 Å². The van der Waals surface area contributed by atoms with E-state index in [1.54, 1.807) is 26.2 Å². The Hall–Kier alpha value is -2.30. The van der Waals surface area contributed by atoms with Crippen LogP contribution in [0.4, 0.5) is 0 Å². The average molecular weight is 247 g/mol. The second-order valence-corrected chi connectivity index (χ2v) is 3.53. The molecule has 18 heavy (non-hydrogen) atoms. The predicted molar refractivity (Wildman–Crippen MR) is 64.4 cm³/mol. The Morgan fingerprint density at radius 1 is 1.39 bits per heavy atom. The second-order valence-electron chi connectivity index (χ2n) is 3.53. The van der Waals surface area contributed by atoms with Crippen LogP contribution in [-0.4, -0.2) is 24.8 Å². The quantitative estimate of drug-likeness (QED) is 0.777. The number of aromatic nitrogens is 1. The summed E-state index contributed by atoms with van der Waals surface area (Å²) in [7, 11) is 1.59. The van der Waals surface area contributed by atoms with Gasteiger partial charge in [0.15, 0.2) is 11.5 Å². The van der Waals surface area contributed by atoms with Crippen LogP contribution in [0.3, 0.4) is 0 Å². The van der Waals surface area contributed by atoms with Crippen molar-refractivity contribution in [2.45, 2.75) is 6.92 Å². The van der Waals surface area contributed by atoms with Crippen LogP contribution < -0.4 is 4.74 Å². The van der Waals surface area contributed by atoms with Gasteiger partial charge in [0.05, 0.1) is 13.7 Å². The molecule has 0 amide bonds. The number of nitrogens with zero attached hydrogens (tertiary/aromatic N) is 1. The van der Waals surface area contributed by atoms with Gasteiger partial charge in [0.25, 0.3) is 0 Å². The van der Waals surface area contributed by atoms with Crippen LogP contribution in [0.5, 0.6) is 5.75 Å². The van der Waals surface area contributed by atoms with E-state index in [4.69, 9.17) is 14.0 Å². The molecule has 1 aromatic heterocycles. The summed E-state index contributed by atoms with van der Waals surface area (Å²) in [6, 6.07) is 8.85. The number of rotatable bonds is 4. The van der Waals surface area contributed by atoms with E-state index in [2.05, 4.69) is 5.16 Å². The van der Waals surface area contributed by atoms with Crippen molar-refractivity contribution in [1.82, 2.24) is 5.16 Å². The molecule has 2 rings (SSSR count). The van der Waals surface area contributed by atoms with Gasteiger partial charge in [0, 0.05) is 11.6 Å². The summed E-state index contributed by atoms with van der Waals surface area (Å²) in [4.78, 5) is 11.4. The van der Waals surface area contributed by atoms with Crippen molar-refractivity contribution in [1.29, 1.82) is 0 Å². The highest BCUT2D eigenvalue weighted by molar-refractivity contribution is 5.88. The van der Waals surface area contributed by atoms with Crippen molar-refractivity contribution in [2.24, 2.45) is 0 Å². The fraction of sp³-hybridized carbons (Fsp3) is 0.231. The molecule has 0 saturated carbocycles. The standard InChI is InChI=1S/C13H13NO4/c1-3-17-13(15)11-8-12(18-14-11)9-5-4-6-10(7-9)16-2/h4-8H,3H2,1-2H3. The molecule has 0 atom stereocenters. The Kier molecular flexibility index (Phi) is 3.62. The molecule has 0 spiro atoms. The largest absolute Gasteiger partial charge is 0.497 e. The Morgan fingerprint density at radius 3 is 2.94 bits per heavy atom. The third kappa shape index (κ3) is 2.51. The minimum absolute atomic E-state index is 0.162. The summed E-state index contributed by atoms with van der Waals surface area (Å²) in [5, 5.41) is 3.68. The van der Waals surface area contributed by atoms with E-state index in [0.29, 0.717) is 18.1 Å². The molecule has 0 aliphatic carbocycles. The Morgan fingerprint density at radius 2 is 2.22 bits per heavy atom. The Balaban J connectivity index is 2.26. The van der Waals surface area contributed by atoms with E-state index < -0.39 is 5.97 Å². The molecule has 1 aromatic carbocycles. The van der Waals surface area contributed by atoms with Gasteiger partial charge in [-0.2, -0.15) is 0 Å². The summed E-state index contributed by atoms with van der Waals surface area (Å²) < 4.78 is 15.1. The van der Waals surface area contributed by atoms with E-state index in [0.717, 1.165) is 5.56 Å². The van der Waals surface area contributed by atoms with Crippen LogP contribution in [0.25, 0.3) is 11.3 Å². The maximum atomic E-state index is 11.4. The fourth-order valence-corrected chi connectivity index (χ4v) is 1.49. The maximum absolute atomic E-state index is 11.4. The number of esters is 1. The topological polar surface area (TPSA) is 61.6 Å². The molecule has 0 radical (unpaired) electrons. The number of ether oxygens (including phenoxy) is 2. The van der Waals surface area contributed by atoms with E-state index >= 15 is 0 Å². The second kappa shape index (κ2) is 5.35. The first-order valence-electron chi connectivity index (χ1n) is 5.53. The first kappa shape index (κ1) is 12.2. The van der Waals surface area contributed by atoms with Crippen molar-refractivity contribution in [2.75, 3.05) is 13.7 Å². The summed E-state index contributed by atoms with van der Waals surface area (Å²) in [6.07, 6.45) is 0. The number of hydrogen-bond donors (Lipinski definition) is 0. The lowest BCUT2D eigenvalue weighted by atomic mass is 10.1. The summed E-state index contributed by atoms with van der Waals surface area (Å²) in [6.45, 7) is 2.04. The van der Waals surface area contributed by atoms with Crippen molar-refractivity contribution in [3.8, 4) is 17.1 Å². The minimum atomic E-state index is -0.490. The zero-order valence-electron chi connectivity index (χ0n) is 10.2. The van der Waals surface area contributed by atoms with Crippen LogP contribution in [-0.2, 0) is 4.74 Å². The summed E-state index contributed by atoms with van der Waals surface area (Å²) in [5.74, 6) is 0.717. The predicted octanol–water partition coefficient (Wildman–Crippen LogP) is 2.53. The molecular weight excluding hydrogens is 234 g/mol. The van der Waals surface area contributed by atoms with Crippen LogP contribution in [0.1, 0.15) is 17.4 Å². The molecular formula is C13H13NO4. The molecule has 5 heteroatoms. The third-order valence-corrected chi connectivity index (χ3v) is 2.35. The van der Waals surface area contributed by atoms with Crippen molar-refractivity contribution in [3.63, 3.8) is 0 Å². The monoisotopic (exact) mass is 247 g/mol. The first-order valence-corrected chi connectivity index (χ1v) is 5.53. The molecule has 0 aliphatic rings. The van der Waals surface area contributed by atoms with Gasteiger partial charge in [0.2, 0.25) is 0 Å². The molecule has 0 aliphatic heterocycles. The van der Waals surface area contributed by atoms with Gasteiger partial charge in [-0.1, -0.05) is 17.3 Å². The van der Waals surface area contributed by atoms with E-state index in [9.17, 15) is 4.79 Å². The highest BCUT2D eigenvalue weighted by Crippen LogP contribution is 2.24. The first-order chi connectivity index (χ1) is 8.74. The van der Waals surface area contributed by atoms with E-state index in [1.807, 2.05) is 18.2 Å². The molecule has 0 unspecified atom stereocenters. The molecule has 0 N–H and O–H groups in total. The highest BCUT2D eigenvalue weighted by atomic mass is 16.5. The average Bonchev–Trinajstić information content (AvgIpc) is 2.89. The summed E-state index contributed by atoms with van der Waals surface area (Å²) >= 11 is 0. The molecule has 0 fully saturated rings. The van der Waals surface area contributed by atoms with Crippen molar-refractivity contribution >= 4 is 5.97 Å². The van der Waals surface area contributed by atoms with Gasteiger partial charge in [-0.15, -0.1) is 0 Å². The molecule has 94 valence electrons. The lowest BCUT2D eigenvalue weighted by molar-refractivity contribution is 0.0514. The molecule has 2 aromatic rings. The lowest BCUT2D eigenvalue weighted by Crippen LogP contribution is -2.04. The normalized spacial score (nSPS) is 10.1. The van der Waals surface area contributed by atoms with Crippen LogP contribution in [0, 0.1) is 0 Å². The van der Waals surface area contributed by atoms with Crippen LogP contribution >= 0.6 is 0 Å². The zero-order valence-corrected chi connectivity index (χ0v) is 10.2. The van der Waals surface area contributed by atoms with E-state index in [-0.39, 0.29) is 5.69 Å².